The van der Waals surface area contributed by atoms with Gasteiger partial charge in [-0.15, -0.1) is 0 Å². The monoisotopic (exact) mass is 566 g/mol. The maximum absolute atomic E-state index is 12.6. The number of hydrazone groups is 1. The van der Waals surface area contributed by atoms with Gasteiger partial charge < -0.3 is 13.7 Å². The Bertz CT molecular complexity index is 1320. The first-order valence-corrected chi connectivity index (χ1v) is 12.5. The number of halogens is 2. The summed E-state index contributed by atoms with van der Waals surface area (Å²) in [5, 5.41) is 3.94. The number of nitrogens with zero attached hydrogens (tertiary/aromatic N) is 1. The summed E-state index contributed by atoms with van der Waals surface area (Å²) >= 11 is 9.63. The van der Waals surface area contributed by atoms with Crippen molar-refractivity contribution in [3.05, 3.63) is 81.3 Å². The molecule has 0 aromatic heterocycles. The second-order valence-corrected chi connectivity index (χ2v) is 9.53. The first-order valence-electron chi connectivity index (χ1n) is 9.88. The van der Waals surface area contributed by atoms with Crippen LogP contribution in [0.2, 0.25) is 5.02 Å². The number of hydrogen-bond donors (Lipinski definition) is 1. The minimum Gasteiger partial charge on any atom is -0.496 e. The number of amides is 1. The van der Waals surface area contributed by atoms with Gasteiger partial charge in [-0.3, -0.25) is 4.79 Å². The van der Waals surface area contributed by atoms with Crippen LogP contribution in [0.5, 0.6) is 17.2 Å². The van der Waals surface area contributed by atoms with Crippen LogP contribution in [0.15, 0.2) is 75.1 Å². The highest BCUT2D eigenvalue weighted by atomic mass is 79.9. The summed E-state index contributed by atoms with van der Waals surface area (Å²) in [4.78, 5) is 12.5. The molecule has 0 aliphatic carbocycles. The van der Waals surface area contributed by atoms with Gasteiger partial charge in [-0.1, -0.05) is 45.7 Å². The predicted octanol–water partition coefficient (Wildman–Crippen LogP) is 5.04. The van der Waals surface area contributed by atoms with E-state index in [1.165, 1.54) is 37.6 Å². The number of ether oxygens (including phenoxy) is 2. The van der Waals surface area contributed by atoms with E-state index in [1.807, 2.05) is 0 Å². The van der Waals surface area contributed by atoms with Crippen LogP contribution in [0.4, 0.5) is 0 Å². The van der Waals surface area contributed by atoms with Crippen molar-refractivity contribution in [3.63, 3.8) is 0 Å². The summed E-state index contributed by atoms with van der Waals surface area (Å²) in [7, 11) is -2.67. The molecule has 34 heavy (non-hydrogen) atoms. The van der Waals surface area contributed by atoms with Crippen molar-refractivity contribution in [2.75, 3.05) is 13.7 Å². The molecule has 0 radical (unpaired) electrons. The minimum atomic E-state index is -4.13. The minimum absolute atomic E-state index is 0.00751. The van der Waals surface area contributed by atoms with Crippen LogP contribution in [-0.4, -0.2) is 34.3 Å². The maximum Gasteiger partial charge on any atom is 0.339 e. The number of carbonyl (C=O) groups excluding carboxylic acids is 1. The average Bonchev–Trinajstić information content (AvgIpc) is 2.82. The molecule has 0 spiro atoms. The van der Waals surface area contributed by atoms with E-state index in [-0.39, 0.29) is 33.6 Å². The molecule has 0 aliphatic heterocycles. The molecule has 0 aliphatic rings. The fraction of sp³-hybridized carbons (Fsp3) is 0.130. The first kappa shape index (κ1) is 25.5. The number of carbonyl (C=O) groups is 1. The Hall–Kier alpha value is -3.08. The molecule has 3 rings (SSSR count). The van der Waals surface area contributed by atoms with Gasteiger partial charge in [0, 0.05) is 4.47 Å². The van der Waals surface area contributed by atoms with E-state index in [0.717, 1.165) is 0 Å². The average molecular weight is 568 g/mol. The highest BCUT2D eigenvalue weighted by molar-refractivity contribution is 9.10. The summed E-state index contributed by atoms with van der Waals surface area (Å²) in [5.74, 6) is -0.137. The topological polar surface area (TPSA) is 103 Å². The molecule has 11 heteroatoms. The van der Waals surface area contributed by atoms with Crippen LogP contribution in [0, 0.1) is 0 Å². The van der Waals surface area contributed by atoms with E-state index < -0.39 is 16.0 Å². The lowest BCUT2D eigenvalue weighted by Gasteiger charge is -2.14. The third-order valence-electron chi connectivity index (χ3n) is 4.34. The summed E-state index contributed by atoms with van der Waals surface area (Å²) < 4.78 is 42.0. The molecule has 0 saturated carbocycles. The van der Waals surface area contributed by atoms with Crippen LogP contribution < -0.4 is 19.1 Å². The van der Waals surface area contributed by atoms with Crippen LogP contribution >= 0.6 is 27.5 Å². The molecular weight excluding hydrogens is 548 g/mol. The van der Waals surface area contributed by atoms with Crippen LogP contribution in [0.3, 0.4) is 0 Å². The van der Waals surface area contributed by atoms with E-state index >= 15 is 0 Å². The fourth-order valence-electron chi connectivity index (χ4n) is 2.83. The molecule has 0 saturated heterocycles. The fourth-order valence-corrected chi connectivity index (χ4v) is 4.48. The normalized spacial score (nSPS) is 11.3. The van der Waals surface area contributed by atoms with Crippen molar-refractivity contribution in [2.24, 2.45) is 5.10 Å². The molecule has 0 unspecified atom stereocenters. The van der Waals surface area contributed by atoms with Gasteiger partial charge in [0.05, 0.1) is 30.5 Å². The van der Waals surface area contributed by atoms with Crippen molar-refractivity contribution < 1.29 is 26.9 Å². The van der Waals surface area contributed by atoms with Gasteiger partial charge >= 0.3 is 10.1 Å². The Morgan fingerprint density at radius 2 is 1.85 bits per heavy atom. The van der Waals surface area contributed by atoms with Crippen molar-refractivity contribution >= 4 is 49.8 Å². The largest absolute Gasteiger partial charge is 0.496 e. The second-order valence-electron chi connectivity index (χ2n) is 6.66. The number of methoxy groups -OCH3 is 1. The van der Waals surface area contributed by atoms with Crippen molar-refractivity contribution in [3.8, 4) is 17.2 Å². The zero-order valence-electron chi connectivity index (χ0n) is 18.1. The van der Waals surface area contributed by atoms with Crippen molar-refractivity contribution in [2.45, 2.75) is 11.8 Å². The highest BCUT2D eigenvalue weighted by Gasteiger charge is 2.22. The van der Waals surface area contributed by atoms with E-state index in [2.05, 4.69) is 26.5 Å². The Balaban J connectivity index is 1.83. The number of benzene rings is 3. The number of hydrogen-bond acceptors (Lipinski definition) is 7. The van der Waals surface area contributed by atoms with Gasteiger partial charge in [0.1, 0.15) is 10.6 Å². The SMILES string of the molecule is CCOc1cc(/C=N\NC(=O)c2cc(Br)ccc2OC)cc(Cl)c1OS(=O)(=O)c1ccccc1. The van der Waals surface area contributed by atoms with Gasteiger partial charge in [0.2, 0.25) is 5.75 Å². The molecule has 0 heterocycles. The van der Waals surface area contributed by atoms with E-state index in [4.69, 9.17) is 25.3 Å². The Morgan fingerprint density at radius 3 is 2.53 bits per heavy atom. The lowest BCUT2D eigenvalue weighted by molar-refractivity contribution is 0.0952. The molecule has 1 amide bonds. The molecule has 178 valence electrons. The molecule has 1 N–H and O–H groups in total. The van der Waals surface area contributed by atoms with Crippen LogP contribution in [0.1, 0.15) is 22.8 Å². The zero-order valence-corrected chi connectivity index (χ0v) is 21.3. The first-order chi connectivity index (χ1) is 16.2. The Morgan fingerprint density at radius 1 is 1.12 bits per heavy atom. The van der Waals surface area contributed by atoms with Gasteiger partial charge in [0.25, 0.3) is 5.91 Å². The Labute approximate surface area is 210 Å². The van der Waals surface area contributed by atoms with Crippen LogP contribution in [-0.2, 0) is 10.1 Å². The third kappa shape index (κ3) is 6.28. The predicted molar refractivity (Wildman–Crippen MR) is 133 cm³/mol. The molecule has 0 atom stereocenters. The quantitative estimate of drug-likeness (QED) is 0.221. The highest BCUT2D eigenvalue weighted by Crippen LogP contribution is 2.38. The van der Waals surface area contributed by atoms with E-state index in [9.17, 15) is 13.2 Å². The number of nitrogens with one attached hydrogen (secondary N) is 1. The lowest BCUT2D eigenvalue weighted by atomic mass is 10.2. The molecule has 3 aromatic carbocycles. The van der Waals surface area contributed by atoms with Crippen molar-refractivity contribution in [1.29, 1.82) is 0 Å². The second kappa shape index (κ2) is 11.4. The van der Waals surface area contributed by atoms with Gasteiger partial charge in [-0.2, -0.15) is 13.5 Å². The third-order valence-corrected chi connectivity index (χ3v) is 6.35. The summed E-state index contributed by atoms with van der Waals surface area (Å²) in [6.07, 6.45) is 1.34. The van der Waals surface area contributed by atoms with Gasteiger partial charge in [-0.25, -0.2) is 5.43 Å². The van der Waals surface area contributed by atoms with E-state index in [0.29, 0.717) is 15.8 Å². The molecule has 0 fully saturated rings. The van der Waals surface area contributed by atoms with Gasteiger partial charge in [-0.05, 0) is 55.0 Å². The Kier molecular flexibility index (Phi) is 8.54. The lowest BCUT2D eigenvalue weighted by Crippen LogP contribution is -2.18. The van der Waals surface area contributed by atoms with Crippen molar-refractivity contribution in [1.82, 2.24) is 5.43 Å². The molecule has 8 nitrogen and oxygen atoms in total. The van der Waals surface area contributed by atoms with Gasteiger partial charge in [0.15, 0.2) is 5.75 Å². The summed E-state index contributed by atoms with van der Waals surface area (Å²) in [6, 6.07) is 15.6. The summed E-state index contributed by atoms with van der Waals surface area (Å²) in [5.41, 5.74) is 3.15. The zero-order chi connectivity index (χ0) is 24.7. The van der Waals surface area contributed by atoms with E-state index in [1.54, 1.807) is 43.3 Å². The van der Waals surface area contributed by atoms with Crippen LogP contribution in [0.25, 0.3) is 0 Å². The summed E-state index contributed by atoms with van der Waals surface area (Å²) in [6.45, 7) is 1.97. The number of rotatable bonds is 9. The molecular formula is C23H20BrClN2O6S. The maximum atomic E-state index is 12.6. The smallest absolute Gasteiger partial charge is 0.339 e. The molecule has 0 bridgehead atoms. The standard InChI is InChI=1S/C23H20BrClN2O6S/c1-3-32-21-12-15(14-26-27-23(28)18-13-16(24)9-10-20(18)31-2)11-19(25)22(21)33-34(29,30)17-7-5-4-6-8-17/h4-14H,3H2,1-2H3,(H,27,28)/b26-14-. The molecule has 3 aromatic rings.